The number of benzene rings is 2. The molecule has 2 aromatic carbocycles. The highest BCUT2D eigenvalue weighted by molar-refractivity contribution is 7.89. The van der Waals surface area contributed by atoms with Crippen LogP contribution in [0.2, 0.25) is 5.02 Å². The van der Waals surface area contributed by atoms with Gasteiger partial charge in [-0.25, -0.2) is 8.42 Å². The van der Waals surface area contributed by atoms with Crippen LogP contribution in [0.5, 0.6) is 0 Å². The number of hydrogen-bond acceptors (Lipinski definition) is 4. The molecule has 0 bridgehead atoms. The van der Waals surface area contributed by atoms with Crippen molar-refractivity contribution in [3.05, 3.63) is 64.2 Å². The van der Waals surface area contributed by atoms with Crippen LogP contribution in [0.4, 0.5) is 0 Å². The van der Waals surface area contributed by atoms with E-state index in [-0.39, 0.29) is 21.9 Å². The summed E-state index contributed by atoms with van der Waals surface area (Å²) >= 11 is 6.13. The lowest BCUT2D eigenvalue weighted by molar-refractivity contribution is -0.137. The van der Waals surface area contributed by atoms with E-state index in [1.165, 1.54) is 22.5 Å². The molecule has 9 heteroatoms. The highest BCUT2D eigenvalue weighted by Crippen LogP contribution is 2.28. The molecular weight excluding hydrogens is 428 g/mol. The molecule has 0 radical (unpaired) electrons. The maximum atomic E-state index is 12.9. The Balaban J connectivity index is 1.88. The van der Waals surface area contributed by atoms with Crippen molar-refractivity contribution in [2.75, 3.05) is 13.1 Å². The van der Waals surface area contributed by atoms with Gasteiger partial charge in [0.05, 0.1) is 17.5 Å². The Morgan fingerprint density at radius 1 is 1.13 bits per heavy atom. The fourth-order valence-electron chi connectivity index (χ4n) is 3.38. The van der Waals surface area contributed by atoms with E-state index < -0.39 is 27.9 Å². The molecule has 160 valence electrons. The Morgan fingerprint density at radius 3 is 2.37 bits per heavy atom. The molecule has 0 spiro atoms. The van der Waals surface area contributed by atoms with E-state index in [1.54, 1.807) is 12.1 Å². The second-order valence-electron chi connectivity index (χ2n) is 7.29. The predicted molar refractivity (Wildman–Crippen MR) is 113 cm³/mol. The number of aliphatic carboxylic acids is 1. The van der Waals surface area contributed by atoms with E-state index in [9.17, 15) is 23.1 Å². The van der Waals surface area contributed by atoms with E-state index in [0.29, 0.717) is 18.7 Å². The van der Waals surface area contributed by atoms with Gasteiger partial charge in [-0.15, -0.1) is 0 Å². The molecule has 7 nitrogen and oxygen atoms in total. The molecule has 0 saturated carbocycles. The van der Waals surface area contributed by atoms with Gasteiger partial charge in [-0.2, -0.15) is 4.31 Å². The first-order valence-electron chi connectivity index (χ1n) is 9.57. The zero-order valence-corrected chi connectivity index (χ0v) is 18.0. The summed E-state index contributed by atoms with van der Waals surface area (Å²) in [7, 11) is -3.80. The second kappa shape index (κ2) is 9.16. The Labute approximate surface area is 180 Å². The van der Waals surface area contributed by atoms with E-state index in [0.717, 1.165) is 18.4 Å². The van der Waals surface area contributed by atoms with Crippen LogP contribution in [0.25, 0.3) is 0 Å². The maximum absolute atomic E-state index is 12.9. The normalized spacial score (nSPS) is 15.7. The molecule has 0 aliphatic carbocycles. The number of nitrogens with zero attached hydrogens (tertiary/aromatic N) is 1. The SMILES string of the molecule is Cc1ccc([C@@H](CC(=O)O)NC(=O)c2ccc(Cl)c(S(=O)(=O)N3CCCC3)c2)cc1. The summed E-state index contributed by atoms with van der Waals surface area (Å²) in [6.45, 7) is 2.75. The van der Waals surface area contributed by atoms with Crippen molar-refractivity contribution in [2.45, 2.75) is 37.1 Å². The first kappa shape index (κ1) is 22.3. The van der Waals surface area contributed by atoms with Gasteiger partial charge in [0.2, 0.25) is 10.0 Å². The fraction of sp³-hybridized carbons (Fsp3) is 0.333. The molecule has 3 rings (SSSR count). The molecule has 30 heavy (non-hydrogen) atoms. The number of carboxylic acids is 1. The average molecular weight is 451 g/mol. The number of nitrogens with one attached hydrogen (secondary N) is 1. The monoisotopic (exact) mass is 450 g/mol. The van der Waals surface area contributed by atoms with Crippen LogP contribution < -0.4 is 5.32 Å². The highest BCUT2D eigenvalue weighted by Gasteiger charge is 2.30. The highest BCUT2D eigenvalue weighted by atomic mass is 35.5. The molecule has 1 saturated heterocycles. The number of amides is 1. The molecule has 2 aromatic rings. The van der Waals surface area contributed by atoms with Gasteiger partial charge in [0, 0.05) is 18.7 Å². The number of hydrogen-bond donors (Lipinski definition) is 2. The molecule has 1 heterocycles. The van der Waals surface area contributed by atoms with Crippen molar-refractivity contribution in [1.82, 2.24) is 9.62 Å². The van der Waals surface area contributed by atoms with Gasteiger partial charge >= 0.3 is 5.97 Å². The molecule has 0 unspecified atom stereocenters. The number of carbonyl (C=O) groups excluding carboxylic acids is 1. The van der Waals surface area contributed by atoms with Gasteiger partial charge in [0.15, 0.2) is 0 Å². The zero-order valence-electron chi connectivity index (χ0n) is 16.5. The molecule has 1 amide bonds. The average Bonchev–Trinajstić information content (AvgIpc) is 3.23. The van der Waals surface area contributed by atoms with Crippen molar-refractivity contribution in [1.29, 1.82) is 0 Å². The smallest absolute Gasteiger partial charge is 0.305 e. The van der Waals surface area contributed by atoms with Gasteiger partial charge in [0.25, 0.3) is 5.91 Å². The summed E-state index contributed by atoms with van der Waals surface area (Å²) in [4.78, 5) is 24.0. The van der Waals surface area contributed by atoms with Gasteiger partial charge in [0.1, 0.15) is 4.90 Å². The summed E-state index contributed by atoms with van der Waals surface area (Å²) in [6.07, 6.45) is 1.26. The molecule has 1 fully saturated rings. The van der Waals surface area contributed by atoms with E-state index in [2.05, 4.69) is 5.32 Å². The second-order valence-corrected chi connectivity index (χ2v) is 9.60. The van der Waals surface area contributed by atoms with E-state index >= 15 is 0 Å². The van der Waals surface area contributed by atoms with Crippen molar-refractivity contribution in [2.24, 2.45) is 0 Å². The Kier molecular flexibility index (Phi) is 6.80. The van der Waals surface area contributed by atoms with Crippen molar-refractivity contribution < 1.29 is 23.1 Å². The third kappa shape index (κ3) is 5.00. The van der Waals surface area contributed by atoms with Gasteiger partial charge in [-0.3, -0.25) is 9.59 Å². The predicted octanol–water partition coefficient (Wildman–Crippen LogP) is 3.38. The Hall–Kier alpha value is -2.42. The van der Waals surface area contributed by atoms with Crippen LogP contribution in [0.1, 0.15) is 46.8 Å². The first-order valence-corrected chi connectivity index (χ1v) is 11.4. The summed E-state index contributed by atoms with van der Waals surface area (Å²) in [5.74, 6) is -1.63. The van der Waals surface area contributed by atoms with Crippen LogP contribution in [0.3, 0.4) is 0 Å². The van der Waals surface area contributed by atoms with Gasteiger partial charge in [-0.1, -0.05) is 41.4 Å². The lowest BCUT2D eigenvalue weighted by Gasteiger charge is -2.19. The zero-order chi connectivity index (χ0) is 21.9. The van der Waals surface area contributed by atoms with E-state index in [4.69, 9.17) is 11.6 Å². The molecule has 1 aliphatic rings. The first-order chi connectivity index (χ1) is 14.2. The van der Waals surface area contributed by atoms with Gasteiger partial charge < -0.3 is 10.4 Å². The molecular formula is C21H23ClN2O5S. The molecule has 0 aromatic heterocycles. The van der Waals surface area contributed by atoms with Crippen molar-refractivity contribution >= 4 is 33.5 Å². The van der Waals surface area contributed by atoms with Crippen LogP contribution in [0.15, 0.2) is 47.4 Å². The van der Waals surface area contributed by atoms with Crippen LogP contribution >= 0.6 is 11.6 Å². The van der Waals surface area contributed by atoms with Crippen LogP contribution in [-0.2, 0) is 14.8 Å². The van der Waals surface area contributed by atoms with Crippen molar-refractivity contribution in [3.63, 3.8) is 0 Å². The third-order valence-corrected chi connectivity index (χ3v) is 7.42. The largest absolute Gasteiger partial charge is 0.481 e. The summed E-state index contributed by atoms with van der Waals surface area (Å²) in [5.41, 5.74) is 1.75. The quantitative estimate of drug-likeness (QED) is 0.673. The van der Waals surface area contributed by atoms with Crippen LogP contribution in [0, 0.1) is 6.92 Å². The number of carboxylic acid groups (broad SMARTS) is 1. The fourth-order valence-corrected chi connectivity index (χ4v) is 5.39. The molecule has 1 aliphatic heterocycles. The number of rotatable bonds is 7. The lowest BCUT2D eigenvalue weighted by Crippen LogP contribution is -2.31. The Bertz CT molecular complexity index is 1050. The molecule has 2 N–H and O–H groups in total. The van der Waals surface area contributed by atoms with E-state index in [1.807, 2.05) is 19.1 Å². The minimum atomic E-state index is -3.80. The Morgan fingerprint density at radius 2 is 1.77 bits per heavy atom. The minimum Gasteiger partial charge on any atom is -0.481 e. The topological polar surface area (TPSA) is 104 Å². The third-order valence-electron chi connectivity index (χ3n) is 5.04. The van der Waals surface area contributed by atoms with Gasteiger partial charge in [-0.05, 0) is 43.5 Å². The number of sulfonamides is 1. The summed E-state index contributed by atoms with van der Waals surface area (Å²) in [5, 5.41) is 12.0. The summed E-state index contributed by atoms with van der Waals surface area (Å²) < 4.78 is 27.1. The minimum absolute atomic E-state index is 0.0408. The number of aryl methyl sites for hydroxylation is 1. The molecule has 1 atom stereocenters. The maximum Gasteiger partial charge on any atom is 0.305 e. The van der Waals surface area contributed by atoms with Crippen molar-refractivity contribution in [3.8, 4) is 0 Å². The number of halogens is 1. The summed E-state index contributed by atoms with van der Waals surface area (Å²) in [6, 6.07) is 10.5. The van der Waals surface area contributed by atoms with Crippen LogP contribution in [-0.4, -0.2) is 42.8 Å². The standard InChI is InChI=1S/C21H23ClN2O5S/c1-14-4-6-15(7-5-14)18(13-20(25)26)23-21(27)16-8-9-17(22)19(12-16)30(28,29)24-10-2-3-11-24/h4-9,12,18H,2-3,10-11,13H2,1H3,(H,23,27)(H,25,26)/t18-/m1/s1. The number of carbonyl (C=O) groups is 2. The lowest BCUT2D eigenvalue weighted by atomic mass is 10.0.